The van der Waals surface area contributed by atoms with Gasteiger partial charge >= 0.3 is 5.97 Å². The zero-order valence-electron chi connectivity index (χ0n) is 12.7. The molecule has 0 heterocycles. The van der Waals surface area contributed by atoms with E-state index in [2.05, 4.69) is 4.72 Å². The van der Waals surface area contributed by atoms with Crippen LogP contribution in [0, 0.1) is 0 Å². The lowest BCUT2D eigenvalue weighted by Crippen LogP contribution is -2.43. The van der Waals surface area contributed by atoms with E-state index >= 15 is 0 Å². The van der Waals surface area contributed by atoms with E-state index < -0.39 is 22.0 Å². The summed E-state index contributed by atoms with van der Waals surface area (Å²) in [6, 6.07) is 7.73. The Morgan fingerprint density at radius 3 is 2.55 bits per heavy atom. The predicted molar refractivity (Wildman–Crippen MR) is 84.2 cm³/mol. The van der Waals surface area contributed by atoms with E-state index in [0.717, 1.165) is 18.4 Å². The minimum atomic E-state index is -3.69. The number of sulfonamides is 1. The molecule has 0 radical (unpaired) electrons. The summed E-state index contributed by atoms with van der Waals surface area (Å²) in [6.07, 6.45) is 1.95. The molecule has 0 saturated carbocycles. The Balaban J connectivity index is 2.52. The molecule has 1 atom stereocenters. The largest absolute Gasteiger partial charge is 0.480 e. The maximum absolute atomic E-state index is 11.9. The maximum Gasteiger partial charge on any atom is 0.322 e. The Labute approximate surface area is 131 Å². The van der Waals surface area contributed by atoms with Crippen LogP contribution in [0.5, 0.6) is 0 Å². The molecule has 0 aromatic heterocycles. The van der Waals surface area contributed by atoms with Gasteiger partial charge in [0.2, 0.25) is 10.0 Å². The van der Waals surface area contributed by atoms with E-state index in [0.29, 0.717) is 6.61 Å². The quantitative estimate of drug-likeness (QED) is 0.599. The van der Waals surface area contributed by atoms with Gasteiger partial charge in [0.15, 0.2) is 0 Å². The molecular formula is C15H23NO5S. The summed E-state index contributed by atoms with van der Waals surface area (Å²) in [7, 11) is -3.69. The monoisotopic (exact) mass is 329 g/mol. The van der Waals surface area contributed by atoms with Crippen LogP contribution in [0.2, 0.25) is 0 Å². The zero-order valence-corrected chi connectivity index (χ0v) is 13.5. The fourth-order valence-electron chi connectivity index (χ4n) is 1.82. The number of unbranched alkanes of at least 4 members (excludes halogenated alkanes) is 1. The predicted octanol–water partition coefficient (Wildman–Crippen LogP) is 1.42. The molecule has 0 bridgehead atoms. The van der Waals surface area contributed by atoms with E-state index in [1.54, 1.807) is 24.3 Å². The van der Waals surface area contributed by atoms with E-state index in [4.69, 9.17) is 4.74 Å². The molecule has 0 spiro atoms. The van der Waals surface area contributed by atoms with Crippen molar-refractivity contribution in [1.29, 1.82) is 0 Å². The summed E-state index contributed by atoms with van der Waals surface area (Å²) >= 11 is 0. The highest BCUT2D eigenvalue weighted by Gasteiger charge is 2.24. The lowest BCUT2D eigenvalue weighted by atomic mass is 10.1. The summed E-state index contributed by atoms with van der Waals surface area (Å²) in [4.78, 5) is 11.2. The van der Waals surface area contributed by atoms with Crippen molar-refractivity contribution in [3.05, 3.63) is 35.9 Å². The van der Waals surface area contributed by atoms with Crippen LogP contribution in [0.1, 0.15) is 25.3 Å². The topological polar surface area (TPSA) is 92.7 Å². The molecule has 0 saturated heterocycles. The standard InChI is InChI=1S/C15H23NO5S/c1-2-3-9-21-10-11-22(19,20)16-14(15(17)18)12-13-7-5-4-6-8-13/h4-8,14,16H,2-3,9-12H2,1H3,(H,17,18)/t14-/m0/s1. The molecule has 2 N–H and O–H groups in total. The van der Waals surface area contributed by atoms with Gasteiger partial charge in [-0.1, -0.05) is 43.7 Å². The van der Waals surface area contributed by atoms with Gasteiger partial charge < -0.3 is 9.84 Å². The number of ether oxygens (including phenoxy) is 1. The Kier molecular flexibility index (Phi) is 8.08. The Morgan fingerprint density at radius 1 is 1.27 bits per heavy atom. The number of carboxylic acid groups (broad SMARTS) is 1. The van der Waals surface area contributed by atoms with Crippen molar-refractivity contribution >= 4 is 16.0 Å². The van der Waals surface area contributed by atoms with Crippen molar-refractivity contribution in [2.75, 3.05) is 19.0 Å². The van der Waals surface area contributed by atoms with Crippen molar-refractivity contribution in [2.24, 2.45) is 0 Å². The lowest BCUT2D eigenvalue weighted by molar-refractivity contribution is -0.138. The van der Waals surface area contributed by atoms with Gasteiger partial charge in [-0.3, -0.25) is 4.79 Å². The van der Waals surface area contributed by atoms with Gasteiger partial charge in [0, 0.05) is 6.61 Å². The maximum atomic E-state index is 11.9. The van der Waals surface area contributed by atoms with Crippen LogP contribution in [0.3, 0.4) is 0 Å². The summed E-state index contributed by atoms with van der Waals surface area (Å²) in [5.41, 5.74) is 0.761. The Hall–Kier alpha value is -1.44. The van der Waals surface area contributed by atoms with E-state index in [1.165, 1.54) is 0 Å². The molecule has 0 aliphatic rings. The first-order valence-corrected chi connectivity index (χ1v) is 8.94. The van der Waals surface area contributed by atoms with Crippen molar-refractivity contribution in [2.45, 2.75) is 32.2 Å². The van der Waals surface area contributed by atoms with Crippen molar-refractivity contribution in [1.82, 2.24) is 4.72 Å². The molecule has 0 amide bonds. The van der Waals surface area contributed by atoms with Crippen molar-refractivity contribution in [3.63, 3.8) is 0 Å². The molecule has 6 nitrogen and oxygen atoms in total. The van der Waals surface area contributed by atoms with Gasteiger partial charge in [-0.05, 0) is 18.4 Å². The Bertz CT molecular complexity index is 544. The summed E-state index contributed by atoms with van der Waals surface area (Å²) in [6.45, 7) is 2.59. The number of hydrogen-bond donors (Lipinski definition) is 2. The van der Waals surface area contributed by atoms with Crippen LogP contribution in [0.25, 0.3) is 0 Å². The molecule has 0 aliphatic carbocycles. The molecular weight excluding hydrogens is 306 g/mol. The second kappa shape index (κ2) is 9.55. The summed E-state index contributed by atoms with van der Waals surface area (Å²) in [5, 5.41) is 9.18. The average Bonchev–Trinajstić information content (AvgIpc) is 2.47. The summed E-state index contributed by atoms with van der Waals surface area (Å²) < 4.78 is 31.3. The second-order valence-electron chi connectivity index (χ2n) is 4.98. The van der Waals surface area contributed by atoms with Gasteiger partial charge in [-0.15, -0.1) is 0 Å². The Morgan fingerprint density at radius 2 is 1.95 bits per heavy atom. The van der Waals surface area contributed by atoms with Crippen LogP contribution in [0.15, 0.2) is 30.3 Å². The van der Waals surface area contributed by atoms with Gasteiger partial charge in [0.25, 0.3) is 0 Å². The first kappa shape index (κ1) is 18.6. The molecule has 1 aromatic carbocycles. The van der Waals surface area contributed by atoms with Crippen LogP contribution in [-0.4, -0.2) is 44.5 Å². The van der Waals surface area contributed by atoms with Gasteiger partial charge in [0.1, 0.15) is 6.04 Å². The van der Waals surface area contributed by atoms with Gasteiger partial charge in [-0.25, -0.2) is 13.1 Å². The normalized spacial score (nSPS) is 13.0. The van der Waals surface area contributed by atoms with E-state index in [9.17, 15) is 18.3 Å². The molecule has 0 unspecified atom stereocenters. The van der Waals surface area contributed by atoms with E-state index in [-0.39, 0.29) is 18.8 Å². The molecule has 124 valence electrons. The fourth-order valence-corrected chi connectivity index (χ4v) is 2.89. The molecule has 1 aromatic rings. The van der Waals surface area contributed by atoms with E-state index in [1.807, 2.05) is 13.0 Å². The van der Waals surface area contributed by atoms with Crippen molar-refractivity contribution < 1.29 is 23.1 Å². The highest BCUT2D eigenvalue weighted by Crippen LogP contribution is 2.05. The molecule has 0 aliphatic heterocycles. The second-order valence-corrected chi connectivity index (χ2v) is 6.86. The fraction of sp³-hybridized carbons (Fsp3) is 0.533. The first-order valence-electron chi connectivity index (χ1n) is 7.29. The number of aliphatic carboxylic acids is 1. The SMILES string of the molecule is CCCCOCCS(=O)(=O)N[C@@H](Cc1ccccc1)C(=O)O. The molecule has 1 rings (SSSR count). The smallest absolute Gasteiger partial charge is 0.322 e. The van der Waals surface area contributed by atoms with Crippen LogP contribution >= 0.6 is 0 Å². The highest BCUT2D eigenvalue weighted by molar-refractivity contribution is 7.89. The number of carbonyl (C=O) groups is 1. The van der Waals surface area contributed by atoms with Crippen molar-refractivity contribution in [3.8, 4) is 0 Å². The number of rotatable bonds is 11. The molecule has 7 heteroatoms. The lowest BCUT2D eigenvalue weighted by Gasteiger charge is -2.15. The molecule has 22 heavy (non-hydrogen) atoms. The minimum absolute atomic E-state index is 0.0625. The summed E-state index contributed by atoms with van der Waals surface area (Å²) in [5.74, 6) is -1.44. The molecule has 0 fully saturated rings. The van der Waals surface area contributed by atoms with Crippen LogP contribution in [-0.2, 0) is 26.0 Å². The first-order chi connectivity index (χ1) is 10.4. The number of carboxylic acids is 1. The average molecular weight is 329 g/mol. The highest BCUT2D eigenvalue weighted by atomic mass is 32.2. The third-order valence-corrected chi connectivity index (χ3v) is 4.39. The third kappa shape index (κ3) is 7.53. The van der Waals surface area contributed by atoms with Crippen LogP contribution < -0.4 is 4.72 Å². The zero-order chi connectivity index (χ0) is 16.4. The van der Waals surface area contributed by atoms with Gasteiger partial charge in [-0.2, -0.15) is 0 Å². The third-order valence-electron chi connectivity index (χ3n) is 3.04. The number of nitrogens with one attached hydrogen (secondary N) is 1. The van der Waals surface area contributed by atoms with Gasteiger partial charge in [0.05, 0.1) is 12.4 Å². The number of hydrogen-bond acceptors (Lipinski definition) is 4. The number of benzene rings is 1. The minimum Gasteiger partial charge on any atom is -0.480 e. The van der Waals surface area contributed by atoms with Crippen LogP contribution in [0.4, 0.5) is 0 Å².